The largest absolute Gasteiger partial charge is 0.241 e. The van der Waals surface area contributed by atoms with E-state index < -0.39 is 0 Å². The average molecular weight is 306 g/mol. The summed E-state index contributed by atoms with van der Waals surface area (Å²) < 4.78 is 13.0. The molecule has 0 radical (unpaired) electrons. The van der Waals surface area contributed by atoms with Crippen LogP contribution in [0.25, 0.3) is 21.8 Å². The van der Waals surface area contributed by atoms with Crippen molar-refractivity contribution in [2.24, 2.45) is 0 Å². The molecule has 0 saturated carbocycles. The van der Waals surface area contributed by atoms with Crippen molar-refractivity contribution in [3.63, 3.8) is 0 Å². The van der Waals surface area contributed by atoms with E-state index in [9.17, 15) is 4.39 Å². The first kappa shape index (κ1) is 13.1. The number of halogens is 2. The molecule has 0 saturated heterocycles. The van der Waals surface area contributed by atoms with E-state index in [1.807, 2.05) is 6.92 Å². The molecule has 0 aliphatic heterocycles. The Labute approximate surface area is 124 Å². The van der Waals surface area contributed by atoms with Crippen LogP contribution in [-0.4, -0.2) is 15.0 Å². The van der Waals surface area contributed by atoms with Gasteiger partial charge < -0.3 is 0 Å². The van der Waals surface area contributed by atoms with Crippen LogP contribution in [0, 0.1) is 12.7 Å². The van der Waals surface area contributed by atoms with Gasteiger partial charge in [-0.2, -0.15) is 0 Å². The average Bonchev–Trinajstić information content (AvgIpc) is 2.82. The number of aryl methyl sites for hydroxylation is 1. The van der Waals surface area contributed by atoms with Gasteiger partial charge in [-0.15, -0.1) is 11.3 Å². The molecular formula is C14H9ClFN3S. The summed E-state index contributed by atoms with van der Waals surface area (Å²) >= 11 is 7.35. The summed E-state index contributed by atoms with van der Waals surface area (Å²) in [5.74, 6) is -0.271. The van der Waals surface area contributed by atoms with Gasteiger partial charge >= 0.3 is 0 Å². The smallest absolute Gasteiger partial charge is 0.222 e. The molecule has 0 bridgehead atoms. The van der Waals surface area contributed by atoms with Gasteiger partial charge in [-0.1, -0.05) is 0 Å². The first-order valence-corrected chi connectivity index (χ1v) is 7.05. The van der Waals surface area contributed by atoms with Crippen LogP contribution in [0.4, 0.5) is 4.39 Å². The fraction of sp³-hybridized carbons (Fsp3) is 0.0714. The van der Waals surface area contributed by atoms with E-state index in [2.05, 4.69) is 15.0 Å². The van der Waals surface area contributed by atoms with Crippen LogP contribution >= 0.6 is 22.9 Å². The molecule has 0 unspecified atom stereocenters. The number of hydrogen-bond acceptors (Lipinski definition) is 4. The topological polar surface area (TPSA) is 38.7 Å². The summed E-state index contributed by atoms with van der Waals surface area (Å²) in [6.45, 7) is 1.92. The number of nitrogens with zero attached hydrogens (tertiary/aromatic N) is 3. The third-order valence-electron chi connectivity index (χ3n) is 2.71. The van der Waals surface area contributed by atoms with Crippen LogP contribution in [-0.2, 0) is 0 Å². The van der Waals surface area contributed by atoms with Crippen molar-refractivity contribution in [3.05, 3.63) is 52.6 Å². The highest BCUT2D eigenvalue weighted by atomic mass is 35.5. The van der Waals surface area contributed by atoms with Crippen molar-refractivity contribution in [3.8, 4) is 21.8 Å². The predicted molar refractivity (Wildman–Crippen MR) is 78.3 cm³/mol. The van der Waals surface area contributed by atoms with Gasteiger partial charge in [-0.05, 0) is 48.9 Å². The molecule has 100 valence electrons. The van der Waals surface area contributed by atoms with E-state index in [0.29, 0.717) is 0 Å². The molecule has 2 heterocycles. The van der Waals surface area contributed by atoms with E-state index >= 15 is 0 Å². The Morgan fingerprint density at radius 1 is 1.10 bits per heavy atom. The zero-order valence-corrected chi connectivity index (χ0v) is 12.0. The van der Waals surface area contributed by atoms with Crippen molar-refractivity contribution < 1.29 is 4.39 Å². The normalized spacial score (nSPS) is 10.8. The minimum absolute atomic E-state index is 0.193. The van der Waals surface area contributed by atoms with Crippen molar-refractivity contribution in [2.45, 2.75) is 6.92 Å². The fourth-order valence-corrected chi connectivity index (χ4v) is 2.92. The summed E-state index contributed by atoms with van der Waals surface area (Å²) in [5, 5.41) is 1.10. The highest BCUT2D eigenvalue weighted by molar-refractivity contribution is 7.15. The van der Waals surface area contributed by atoms with Crippen LogP contribution in [0.5, 0.6) is 0 Å². The molecule has 0 spiro atoms. The molecule has 1 aromatic carbocycles. The second-order valence-electron chi connectivity index (χ2n) is 4.13. The van der Waals surface area contributed by atoms with Gasteiger partial charge in [0.15, 0.2) is 0 Å². The highest BCUT2D eigenvalue weighted by Gasteiger charge is 2.14. The third-order valence-corrected chi connectivity index (χ3v) is 3.89. The quantitative estimate of drug-likeness (QED) is 0.660. The molecule has 20 heavy (non-hydrogen) atoms. The first-order chi connectivity index (χ1) is 9.63. The Hall–Kier alpha value is -1.85. The zero-order valence-electron chi connectivity index (χ0n) is 10.5. The second kappa shape index (κ2) is 5.26. The molecule has 0 aliphatic carbocycles. The Morgan fingerprint density at radius 2 is 1.85 bits per heavy atom. The summed E-state index contributed by atoms with van der Waals surface area (Å²) in [4.78, 5) is 13.5. The highest BCUT2D eigenvalue weighted by Crippen LogP contribution is 2.35. The van der Waals surface area contributed by atoms with Crippen LogP contribution in [0.2, 0.25) is 5.28 Å². The molecule has 0 amide bonds. The van der Waals surface area contributed by atoms with Crippen molar-refractivity contribution in [1.29, 1.82) is 0 Å². The first-order valence-electron chi connectivity index (χ1n) is 5.86. The SMILES string of the molecule is Cc1nc(-c2ccc(F)cc2)c(-c2ccnc(Cl)n2)s1. The molecule has 3 nitrogen and oxygen atoms in total. The summed E-state index contributed by atoms with van der Waals surface area (Å²) in [6.07, 6.45) is 1.61. The van der Waals surface area contributed by atoms with Gasteiger partial charge in [-0.25, -0.2) is 19.3 Å². The summed E-state index contributed by atoms with van der Waals surface area (Å²) in [5.41, 5.74) is 2.35. The van der Waals surface area contributed by atoms with Crippen LogP contribution in [0.15, 0.2) is 36.5 Å². The molecule has 2 aromatic heterocycles. The summed E-state index contributed by atoms with van der Waals surface area (Å²) in [6, 6.07) is 8.03. The van der Waals surface area contributed by atoms with Crippen molar-refractivity contribution >= 4 is 22.9 Å². The fourth-order valence-electron chi connectivity index (χ4n) is 1.87. The van der Waals surface area contributed by atoms with E-state index in [4.69, 9.17) is 11.6 Å². The monoisotopic (exact) mass is 305 g/mol. The Balaban J connectivity index is 2.15. The molecule has 3 rings (SSSR count). The van der Waals surface area contributed by atoms with E-state index in [1.165, 1.54) is 23.5 Å². The molecular weight excluding hydrogens is 297 g/mol. The standard InChI is InChI=1S/C14H9ClFN3S/c1-8-18-12(9-2-4-10(16)5-3-9)13(20-8)11-6-7-17-14(15)19-11/h2-7H,1H3. The lowest BCUT2D eigenvalue weighted by molar-refractivity contribution is 0.628. The second-order valence-corrected chi connectivity index (χ2v) is 5.67. The molecule has 6 heteroatoms. The molecule has 0 fully saturated rings. The minimum Gasteiger partial charge on any atom is -0.241 e. The number of aromatic nitrogens is 3. The Bertz CT molecular complexity index is 755. The maximum absolute atomic E-state index is 13.0. The van der Waals surface area contributed by atoms with Gasteiger partial charge in [0.2, 0.25) is 5.28 Å². The maximum Gasteiger partial charge on any atom is 0.222 e. The molecule has 0 atom stereocenters. The van der Waals surface area contributed by atoms with Crippen molar-refractivity contribution in [1.82, 2.24) is 15.0 Å². The molecule has 3 aromatic rings. The maximum atomic E-state index is 13.0. The third kappa shape index (κ3) is 2.55. The van der Waals surface area contributed by atoms with Gasteiger partial charge in [-0.3, -0.25) is 0 Å². The summed E-state index contributed by atoms with van der Waals surface area (Å²) in [7, 11) is 0. The van der Waals surface area contributed by atoms with Gasteiger partial charge in [0, 0.05) is 11.8 Å². The lowest BCUT2D eigenvalue weighted by atomic mass is 10.1. The number of hydrogen-bond donors (Lipinski definition) is 0. The lowest BCUT2D eigenvalue weighted by Gasteiger charge is -2.02. The van der Waals surface area contributed by atoms with Gasteiger partial charge in [0.25, 0.3) is 0 Å². The van der Waals surface area contributed by atoms with Crippen LogP contribution in [0.3, 0.4) is 0 Å². The molecule has 0 N–H and O–H groups in total. The number of rotatable bonds is 2. The van der Waals surface area contributed by atoms with Gasteiger partial charge in [0.1, 0.15) is 5.82 Å². The zero-order chi connectivity index (χ0) is 14.1. The van der Waals surface area contributed by atoms with Gasteiger partial charge in [0.05, 0.1) is 21.3 Å². The number of thiazole rings is 1. The van der Waals surface area contributed by atoms with E-state index in [1.54, 1.807) is 24.4 Å². The van der Waals surface area contributed by atoms with Crippen molar-refractivity contribution in [2.75, 3.05) is 0 Å². The molecule has 0 aliphatic rings. The minimum atomic E-state index is -0.271. The van der Waals surface area contributed by atoms with E-state index in [0.717, 1.165) is 26.8 Å². The Morgan fingerprint density at radius 3 is 2.55 bits per heavy atom. The lowest BCUT2D eigenvalue weighted by Crippen LogP contribution is -1.87. The Kier molecular flexibility index (Phi) is 3.46. The van der Waals surface area contributed by atoms with E-state index in [-0.39, 0.29) is 11.1 Å². The van der Waals surface area contributed by atoms with Crippen LogP contribution < -0.4 is 0 Å². The number of benzene rings is 1. The van der Waals surface area contributed by atoms with Crippen LogP contribution in [0.1, 0.15) is 5.01 Å². The predicted octanol–water partition coefficient (Wildman–Crippen LogP) is 4.37.